The summed E-state index contributed by atoms with van der Waals surface area (Å²) in [6, 6.07) is -7.62. The number of aromatic hydroxyl groups is 1. The number of carboxylic acids is 1. The number of benzene rings is 1. The summed E-state index contributed by atoms with van der Waals surface area (Å²) < 4.78 is 0. The number of hydrogen-bond acceptors (Lipinski definition) is 23. The van der Waals surface area contributed by atoms with E-state index in [0.29, 0.717) is 63.4 Å². The fourth-order valence-electron chi connectivity index (χ4n) is 10.6. The molecule has 0 aliphatic carbocycles. The largest absolute Gasteiger partial charge is 0.508 e. The first-order chi connectivity index (χ1) is 48.6. The van der Waals surface area contributed by atoms with Gasteiger partial charge in [0.15, 0.2) is 5.96 Å². The van der Waals surface area contributed by atoms with Gasteiger partial charge in [0.25, 0.3) is 0 Å². The minimum atomic E-state index is -1.50. The first-order valence-electron chi connectivity index (χ1n) is 34.3. The van der Waals surface area contributed by atoms with E-state index in [1.54, 1.807) is 13.8 Å². The van der Waals surface area contributed by atoms with Crippen LogP contribution in [0.1, 0.15) is 122 Å². The fraction of sp³-hybridized carbons (Fsp3) is 0.667. The van der Waals surface area contributed by atoms with Crippen LogP contribution in [0.4, 0.5) is 0 Å². The molecule has 0 bridgehead atoms. The highest BCUT2D eigenvalue weighted by Crippen LogP contribution is 2.23. The zero-order chi connectivity index (χ0) is 75.7. The number of fused-ring (bicyclic) bond motifs is 1. The summed E-state index contributed by atoms with van der Waals surface area (Å²) in [7, 11) is 1.90. The predicted molar refractivity (Wildman–Crippen MR) is 381 cm³/mol. The molecule has 2 aliphatic heterocycles. The van der Waals surface area contributed by atoms with Crippen molar-refractivity contribution < 1.29 is 77.3 Å². The molecule has 1 aromatic carbocycles. The Kier molecular flexibility index (Phi) is 41.5. The van der Waals surface area contributed by atoms with Gasteiger partial charge in [-0.15, -0.1) is 0 Å². The number of phenols is 1. The molecule has 0 aromatic heterocycles. The van der Waals surface area contributed by atoms with E-state index in [1.165, 1.54) is 29.2 Å². The van der Waals surface area contributed by atoms with Crippen molar-refractivity contribution in [2.24, 2.45) is 51.0 Å². The number of unbranched alkanes of at least 4 members (excludes halogenated alkanes) is 4. The lowest BCUT2D eigenvalue weighted by Gasteiger charge is -2.29. The Morgan fingerprint density at radius 3 is 1.42 bits per heavy atom. The van der Waals surface area contributed by atoms with Gasteiger partial charge in [-0.05, 0) is 153 Å². The van der Waals surface area contributed by atoms with Crippen LogP contribution in [0.25, 0.3) is 0 Å². The van der Waals surface area contributed by atoms with E-state index < -0.39 is 175 Å². The van der Waals surface area contributed by atoms with Crippen molar-refractivity contribution in [2.75, 3.05) is 77.0 Å². The molecule has 13 amide bonds. The minimum Gasteiger partial charge on any atom is -0.508 e. The van der Waals surface area contributed by atoms with E-state index >= 15 is 0 Å². The molecule has 0 radical (unpaired) electrons. The van der Waals surface area contributed by atoms with Crippen LogP contribution in [-0.2, 0) is 73.5 Å². The zero-order valence-electron chi connectivity index (χ0n) is 58.0. The minimum absolute atomic E-state index is 0.00188. The van der Waals surface area contributed by atoms with Gasteiger partial charge < -0.3 is 119 Å². The lowest BCUT2D eigenvalue weighted by Crippen LogP contribution is -2.60. The molecule has 39 heteroatoms. The third-order valence-electron chi connectivity index (χ3n) is 16.3. The summed E-state index contributed by atoms with van der Waals surface area (Å²) in [5.74, 6) is -13.5. The van der Waals surface area contributed by atoms with Gasteiger partial charge in [0, 0.05) is 31.0 Å². The van der Waals surface area contributed by atoms with Gasteiger partial charge in [0.1, 0.15) is 60.1 Å². The van der Waals surface area contributed by atoms with E-state index in [1.807, 2.05) is 0 Å². The standard InChI is InChI=1S/C63H107N21O16S2/c1-36(2)52-61(98)74-30-48(86)72-31-49(87)77-46(62(99)100)35-102-101-34-39(68)53(90)73-32-50(88)76-45(29-37-19-21-38(85)22-20-37)54(91)75-33-51(89)84-28-12-18-47(84)60(97)82-42(15-5-9-25-66)57(94)79-40(13-3-7-23-64)55(92)78-41(14-4-8-24-65)56(93)81-44(17-11-27-71-63(69)70)58(95)80-43(59(96)83-52)16-6-10-26-67/h19-22,36,39-47,52,85H,3-18,23-35,64-68H2,1-2H3,(H,72,86)(H,73,90)(H,74,98)(H,75,91)(H,76,88)(H,77,87)(H,78,92)(H,79,94)(H,80,95)(H,81,93)(H,82,97)(H,83,96)(H,99,100)(H4,69,70,71)/t39-,40-,41-,42-,43-,44-,45-,46-,47-,52-/m0/s1. The molecule has 37 nitrogen and oxygen atoms in total. The third-order valence-corrected chi connectivity index (χ3v) is 18.7. The Morgan fingerprint density at radius 2 is 0.941 bits per heavy atom. The molecule has 0 unspecified atom stereocenters. The van der Waals surface area contributed by atoms with Gasteiger partial charge >= 0.3 is 5.97 Å². The summed E-state index contributed by atoms with van der Waals surface area (Å²) in [5, 5.41) is 50.5. The quantitative estimate of drug-likeness (QED) is 0.0198. The second-order valence-electron chi connectivity index (χ2n) is 24.9. The van der Waals surface area contributed by atoms with Crippen LogP contribution in [0.3, 0.4) is 0 Å². The number of amides is 13. The number of nitrogens with zero attached hydrogens (tertiary/aromatic N) is 2. The topological polar surface area (TPSA) is 622 Å². The van der Waals surface area contributed by atoms with Gasteiger partial charge in [-0.25, -0.2) is 4.79 Å². The Labute approximate surface area is 600 Å². The zero-order valence-corrected chi connectivity index (χ0v) is 59.7. The number of nitrogens with one attached hydrogen (secondary N) is 12. The Hall–Kier alpha value is -8.63. The maximum Gasteiger partial charge on any atom is 0.327 e. The molecule has 102 heavy (non-hydrogen) atoms. The molecule has 572 valence electrons. The van der Waals surface area contributed by atoms with Crippen LogP contribution >= 0.6 is 21.6 Å². The molecular formula is C63H107N21O16S2. The van der Waals surface area contributed by atoms with Crippen LogP contribution in [0.5, 0.6) is 5.75 Å². The smallest absolute Gasteiger partial charge is 0.327 e. The van der Waals surface area contributed by atoms with E-state index in [-0.39, 0.29) is 114 Å². The summed E-state index contributed by atoms with van der Waals surface area (Å²) in [4.78, 5) is 198. The monoisotopic (exact) mass is 1480 g/mol. The van der Waals surface area contributed by atoms with E-state index in [9.17, 15) is 77.3 Å². The highest BCUT2D eigenvalue weighted by atomic mass is 33.1. The average Bonchev–Trinajstić information content (AvgIpc) is 0.993. The number of carbonyl (C=O) groups is 14. The highest BCUT2D eigenvalue weighted by molar-refractivity contribution is 8.76. The molecule has 2 aliphatic rings. The SMILES string of the molecule is CC(C)[C@@H]1NC(=O)[C@H](CCCCN)NC(=O)[C@H](CCCN=C(N)N)NC(=O)[C@H](CCCCN)NC(=O)[C@H](CCCCN)NC(=O)[C@H](CCCCN)NC(=O)[C@@H]2CCCN2C(=O)CNC(=O)[C@H](Cc2ccc(O)cc2)NC(=O)CNC(=O)[C@@H](N)CSSC[C@@H](C(=O)O)NC(=O)CNC(=O)CNC1=O. The lowest BCUT2D eigenvalue weighted by molar-refractivity contribution is -0.141. The maximum atomic E-state index is 14.6. The summed E-state index contributed by atoms with van der Waals surface area (Å²) in [5.41, 5.74) is 41.1. The molecule has 3 rings (SSSR count). The molecular weight excluding hydrogens is 1370 g/mol. The Balaban J connectivity index is 2.07. The Morgan fingerprint density at radius 1 is 0.510 bits per heavy atom. The highest BCUT2D eigenvalue weighted by Gasteiger charge is 2.39. The summed E-state index contributed by atoms with van der Waals surface area (Å²) in [6.07, 6.45) is 3.26. The maximum absolute atomic E-state index is 14.6. The number of phenolic OH excluding ortho intramolecular Hbond substituents is 1. The van der Waals surface area contributed by atoms with Gasteiger partial charge in [-0.2, -0.15) is 0 Å². The number of rotatable bonds is 24. The van der Waals surface area contributed by atoms with Crippen molar-refractivity contribution in [1.82, 2.24) is 68.7 Å². The lowest BCUT2D eigenvalue weighted by atomic mass is 10.0. The number of carboxylic acid groups (broad SMARTS) is 1. The molecule has 2 fully saturated rings. The number of carbonyl (C=O) groups excluding carboxylic acids is 13. The van der Waals surface area contributed by atoms with Crippen LogP contribution in [0, 0.1) is 5.92 Å². The summed E-state index contributed by atoms with van der Waals surface area (Å²) in [6.45, 7) is 1.40. The summed E-state index contributed by atoms with van der Waals surface area (Å²) >= 11 is 0. The average molecular weight is 1480 g/mol. The molecule has 1 aromatic rings. The second kappa shape index (κ2) is 48.3. The van der Waals surface area contributed by atoms with Crippen molar-refractivity contribution >= 4 is 110 Å². The Bertz CT molecular complexity index is 2970. The molecule has 28 N–H and O–H groups in total. The van der Waals surface area contributed by atoms with Crippen LogP contribution in [0.2, 0.25) is 0 Å². The number of nitrogens with two attached hydrogens (primary N) is 7. The molecule has 2 heterocycles. The van der Waals surface area contributed by atoms with Gasteiger partial charge in [0.2, 0.25) is 76.8 Å². The third kappa shape index (κ3) is 33.4. The molecule has 2 saturated heterocycles. The van der Waals surface area contributed by atoms with Gasteiger partial charge in [-0.3, -0.25) is 67.3 Å². The molecule has 0 spiro atoms. The first-order valence-corrected chi connectivity index (χ1v) is 36.8. The van der Waals surface area contributed by atoms with Crippen molar-refractivity contribution in [1.29, 1.82) is 0 Å². The van der Waals surface area contributed by atoms with Crippen molar-refractivity contribution in [3.05, 3.63) is 29.8 Å². The fourth-order valence-corrected chi connectivity index (χ4v) is 12.8. The van der Waals surface area contributed by atoms with E-state index in [2.05, 4.69) is 68.8 Å². The van der Waals surface area contributed by atoms with Crippen molar-refractivity contribution in [3.8, 4) is 5.75 Å². The van der Waals surface area contributed by atoms with Crippen LogP contribution < -0.4 is 104 Å². The molecule has 10 atom stereocenters. The first kappa shape index (κ1) is 87.6. The number of hydrogen-bond donors (Lipinski definition) is 21. The van der Waals surface area contributed by atoms with Crippen LogP contribution in [0.15, 0.2) is 29.3 Å². The number of guanidine groups is 1. The second-order valence-corrected chi connectivity index (χ2v) is 27.5. The number of aliphatic carboxylic acids is 1. The van der Waals surface area contributed by atoms with E-state index in [0.717, 1.165) is 21.6 Å². The molecule has 0 saturated carbocycles. The van der Waals surface area contributed by atoms with Crippen LogP contribution in [-0.4, -0.2) is 241 Å². The van der Waals surface area contributed by atoms with Crippen molar-refractivity contribution in [3.63, 3.8) is 0 Å². The van der Waals surface area contributed by atoms with Gasteiger partial charge in [-0.1, -0.05) is 47.6 Å². The predicted octanol–water partition coefficient (Wildman–Crippen LogP) is -6.70. The number of aliphatic imine (C=N–C) groups is 1. The van der Waals surface area contributed by atoms with E-state index in [4.69, 9.17) is 40.1 Å². The van der Waals surface area contributed by atoms with Crippen molar-refractivity contribution in [2.45, 2.75) is 183 Å². The normalized spacial score (nSPS) is 24.3. The van der Waals surface area contributed by atoms with Gasteiger partial charge in [0.05, 0.1) is 32.2 Å².